The lowest BCUT2D eigenvalue weighted by Crippen LogP contribution is -2.60. The van der Waals surface area contributed by atoms with E-state index in [9.17, 15) is 35.4 Å². The summed E-state index contributed by atoms with van der Waals surface area (Å²) in [6, 6.07) is -1.07. The van der Waals surface area contributed by atoms with Crippen LogP contribution < -0.4 is 5.32 Å². The minimum atomic E-state index is -1.62. The van der Waals surface area contributed by atoms with Crippen molar-refractivity contribution in [3.05, 3.63) is 6.92 Å². The maximum atomic E-state index is 11.6. The Hall–Kier alpha value is -0.850. The first-order chi connectivity index (χ1) is 12.6. The number of rotatable bonds is 10. The van der Waals surface area contributed by atoms with Gasteiger partial charge >= 0.3 is 0 Å². The SMILES string of the molecule is [CH]CC(=O)N[C@@H](CO[C@@H]1OC(CO)[C@H](O)[C@H](O)C1O)[C@H](O)[C@H](O)CC(C)C. The van der Waals surface area contributed by atoms with E-state index in [2.05, 4.69) is 5.32 Å². The van der Waals surface area contributed by atoms with Crippen LogP contribution >= 0.6 is 0 Å². The smallest absolute Gasteiger partial charge is 0.220 e. The Kier molecular flexibility index (Phi) is 10.1. The van der Waals surface area contributed by atoms with Crippen LogP contribution in [0.4, 0.5) is 0 Å². The molecule has 2 radical (unpaired) electrons. The van der Waals surface area contributed by atoms with E-state index in [1.807, 2.05) is 13.8 Å². The van der Waals surface area contributed by atoms with Crippen molar-refractivity contribution < 1.29 is 44.9 Å². The number of hydrogen-bond donors (Lipinski definition) is 7. The van der Waals surface area contributed by atoms with Crippen LogP contribution in [0.25, 0.3) is 0 Å². The van der Waals surface area contributed by atoms with E-state index in [0.717, 1.165) is 0 Å². The van der Waals surface area contributed by atoms with Crippen LogP contribution in [-0.2, 0) is 14.3 Å². The average Bonchev–Trinajstić information content (AvgIpc) is 2.63. The van der Waals surface area contributed by atoms with Crippen molar-refractivity contribution in [1.82, 2.24) is 5.32 Å². The third-order valence-corrected chi connectivity index (χ3v) is 4.34. The number of amides is 1. The first-order valence-electron chi connectivity index (χ1n) is 8.90. The fraction of sp³-hybridized carbons (Fsp3) is 0.882. The molecule has 7 N–H and O–H groups in total. The second-order valence-electron chi connectivity index (χ2n) is 7.10. The largest absolute Gasteiger partial charge is 0.394 e. The molecule has 1 amide bonds. The third-order valence-electron chi connectivity index (χ3n) is 4.34. The molecule has 1 fully saturated rings. The predicted molar refractivity (Wildman–Crippen MR) is 92.0 cm³/mol. The normalized spacial score (nSPS) is 32.1. The van der Waals surface area contributed by atoms with Gasteiger partial charge in [0.1, 0.15) is 30.5 Å². The summed E-state index contributed by atoms with van der Waals surface area (Å²) in [5.41, 5.74) is 0. The Morgan fingerprint density at radius 2 is 1.81 bits per heavy atom. The van der Waals surface area contributed by atoms with E-state index in [0.29, 0.717) is 0 Å². The first-order valence-corrected chi connectivity index (χ1v) is 8.90. The summed E-state index contributed by atoms with van der Waals surface area (Å²) in [6.07, 6.45) is -9.94. The minimum Gasteiger partial charge on any atom is -0.394 e. The molecule has 1 saturated heterocycles. The molecule has 1 rings (SSSR count). The number of nitrogens with one attached hydrogen (secondary N) is 1. The maximum Gasteiger partial charge on any atom is 0.220 e. The van der Waals surface area contributed by atoms with Gasteiger partial charge in [-0.2, -0.15) is 0 Å². The lowest BCUT2D eigenvalue weighted by molar-refractivity contribution is -0.303. The van der Waals surface area contributed by atoms with Crippen molar-refractivity contribution in [3.8, 4) is 0 Å². The Labute approximate surface area is 158 Å². The molecule has 158 valence electrons. The van der Waals surface area contributed by atoms with Crippen molar-refractivity contribution in [2.45, 2.75) is 75.6 Å². The second-order valence-corrected chi connectivity index (χ2v) is 7.10. The highest BCUT2D eigenvalue weighted by Crippen LogP contribution is 2.22. The summed E-state index contributed by atoms with van der Waals surface area (Å²) in [5, 5.41) is 61.5. The summed E-state index contributed by atoms with van der Waals surface area (Å²) in [6.45, 7) is 7.97. The van der Waals surface area contributed by atoms with E-state index in [1.165, 1.54) is 0 Å². The number of ether oxygens (including phenoxy) is 2. The molecule has 2 unspecified atom stereocenters. The molecule has 1 heterocycles. The van der Waals surface area contributed by atoms with Gasteiger partial charge in [0, 0.05) is 6.42 Å². The van der Waals surface area contributed by atoms with Crippen LogP contribution in [0.3, 0.4) is 0 Å². The fourth-order valence-electron chi connectivity index (χ4n) is 2.79. The highest BCUT2D eigenvalue weighted by molar-refractivity contribution is 5.76. The van der Waals surface area contributed by atoms with Gasteiger partial charge in [0.05, 0.1) is 25.4 Å². The first kappa shape index (κ1) is 24.2. The molecule has 0 aromatic carbocycles. The van der Waals surface area contributed by atoms with Crippen molar-refractivity contribution in [2.75, 3.05) is 13.2 Å². The second kappa shape index (κ2) is 11.2. The zero-order chi connectivity index (χ0) is 20.7. The number of hydrogen-bond acceptors (Lipinski definition) is 9. The molecule has 0 aromatic heterocycles. The molecule has 10 nitrogen and oxygen atoms in total. The van der Waals surface area contributed by atoms with Crippen LogP contribution in [0.1, 0.15) is 26.7 Å². The summed E-state index contributed by atoms with van der Waals surface area (Å²) in [7, 11) is 0. The van der Waals surface area contributed by atoms with Gasteiger partial charge < -0.3 is 45.4 Å². The molecular weight excluding hydrogens is 362 g/mol. The van der Waals surface area contributed by atoms with Gasteiger partial charge in [-0.1, -0.05) is 13.8 Å². The zero-order valence-corrected chi connectivity index (χ0v) is 15.5. The summed E-state index contributed by atoms with van der Waals surface area (Å²) < 4.78 is 10.6. The van der Waals surface area contributed by atoms with Crippen LogP contribution in [0.15, 0.2) is 0 Å². The fourth-order valence-corrected chi connectivity index (χ4v) is 2.79. The maximum absolute atomic E-state index is 11.6. The molecule has 8 atom stereocenters. The molecular formula is C17H31NO9. The van der Waals surface area contributed by atoms with E-state index < -0.39 is 61.5 Å². The van der Waals surface area contributed by atoms with Crippen molar-refractivity contribution >= 4 is 5.91 Å². The lowest BCUT2D eigenvalue weighted by atomic mass is 9.97. The number of aliphatic hydroxyl groups is 6. The van der Waals surface area contributed by atoms with Crippen molar-refractivity contribution in [1.29, 1.82) is 0 Å². The van der Waals surface area contributed by atoms with Gasteiger partial charge in [0.2, 0.25) is 5.91 Å². The summed E-state index contributed by atoms with van der Waals surface area (Å²) in [4.78, 5) is 11.6. The van der Waals surface area contributed by atoms with Crippen LogP contribution in [-0.4, -0.2) is 98.7 Å². The monoisotopic (exact) mass is 393 g/mol. The molecule has 27 heavy (non-hydrogen) atoms. The van der Waals surface area contributed by atoms with Crippen molar-refractivity contribution in [3.63, 3.8) is 0 Å². The zero-order valence-electron chi connectivity index (χ0n) is 15.5. The molecule has 0 saturated carbocycles. The highest BCUT2D eigenvalue weighted by atomic mass is 16.7. The van der Waals surface area contributed by atoms with Gasteiger partial charge in [-0.25, -0.2) is 0 Å². The van der Waals surface area contributed by atoms with E-state index in [1.54, 1.807) is 0 Å². The molecule has 1 aliphatic rings. The molecule has 0 aliphatic carbocycles. The molecule has 1 aliphatic heterocycles. The number of aliphatic hydroxyl groups excluding tert-OH is 6. The van der Waals surface area contributed by atoms with Gasteiger partial charge in [-0.3, -0.25) is 4.79 Å². The Balaban J connectivity index is 2.78. The Morgan fingerprint density at radius 1 is 1.19 bits per heavy atom. The van der Waals surface area contributed by atoms with E-state index in [-0.39, 0.29) is 25.4 Å². The summed E-state index contributed by atoms with van der Waals surface area (Å²) >= 11 is 0. The Morgan fingerprint density at radius 3 is 2.33 bits per heavy atom. The lowest BCUT2D eigenvalue weighted by Gasteiger charge is -2.40. The summed E-state index contributed by atoms with van der Waals surface area (Å²) in [5.74, 6) is -0.500. The van der Waals surface area contributed by atoms with Crippen LogP contribution in [0.5, 0.6) is 0 Å². The van der Waals surface area contributed by atoms with Crippen LogP contribution in [0, 0.1) is 12.8 Å². The molecule has 0 spiro atoms. The highest BCUT2D eigenvalue weighted by Gasteiger charge is 2.44. The standard InChI is InChI=1S/C17H31NO9/c1-4-12(21)18-9(13(22)10(20)5-8(2)3)7-26-17-16(25)15(24)14(23)11(6-19)27-17/h1,8-11,13-17,19-20,22-25H,4-7H2,2-3H3,(H,18,21)/t9-,10+,11?,13-,14-,15-,16?,17+/m0/s1. The Bertz CT molecular complexity index is 448. The molecule has 10 heteroatoms. The number of carbonyl (C=O) groups excluding carboxylic acids is 1. The third kappa shape index (κ3) is 6.91. The van der Waals surface area contributed by atoms with Gasteiger partial charge in [-0.15, -0.1) is 0 Å². The van der Waals surface area contributed by atoms with Gasteiger partial charge in [0.15, 0.2) is 6.29 Å². The van der Waals surface area contributed by atoms with Gasteiger partial charge in [-0.05, 0) is 19.3 Å². The van der Waals surface area contributed by atoms with Crippen molar-refractivity contribution in [2.24, 2.45) is 5.92 Å². The van der Waals surface area contributed by atoms with E-state index >= 15 is 0 Å². The molecule has 0 bridgehead atoms. The molecule has 0 aromatic rings. The van der Waals surface area contributed by atoms with Gasteiger partial charge in [0.25, 0.3) is 0 Å². The minimum absolute atomic E-state index is 0.0897. The average molecular weight is 393 g/mol. The van der Waals surface area contributed by atoms with Crippen LogP contribution in [0.2, 0.25) is 0 Å². The predicted octanol–water partition coefficient (Wildman–Crippen LogP) is -2.84. The van der Waals surface area contributed by atoms with E-state index in [4.69, 9.17) is 16.4 Å². The number of carbonyl (C=O) groups is 1. The topological polar surface area (TPSA) is 169 Å². The quantitative estimate of drug-likeness (QED) is 0.207.